The molecule has 0 aliphatic rings. The summed E-state index contributed by atoms with van der Waals surface area (Å²) < 4.78 is 0. The van der Waals surface area contributed by atoms with Gasteiger partial charge in [-0.15, -0.1) is 0 Å². The van der Waals surface area contributed by atoms with Gasteiger partial charge in [-0.2, -0.15) is 5.06 Å². The number of nitrogens with zero attached hydrogens (tertiary/aromatic N) is 1. The molecule has 0 unspecified atom stereocenters. The molecule has 1 rings (SSSR count). The fourth-order valence-electron chi connectivity index (χ4n) is 1.32. The molecule has 0 aromatic heterocycles. The average molecular weight is 261 g/mol. The molecule has 3 heteroatoms. The molecule has 0 atom stereocenters. The summed E-state index contributed by atoms with van der Waals surface area (Å²) in [6, 6.07) is 7.97. The Balaban J connectivity index is 0.00000154. The molecule has 3 nitrogen and oxygen atoms in total. The van der Waals surface area contributed by atoms with E-state index in [1.54, 1.807) is 18.4 Å². The summed E-state index contributed by atoms with van der Waals surface area (Å²) in [5, 5.41) is 1.20. The van der Waals surface area contributed by atoms with Gasteiger partial charge in [-0.25, -0.2) is 0 Å². The van der Waals surface area contributed by atoms with E-state index in [4.69, 9.17) is 4.84 Å². The highest BCUT2D eigenvalue weighted by atomic mass is 16.7. The van der Waals surface area contributed by atoms with Crippen LogP contribution in [0.5, 0.6) is 0 Å². The number of aryl methyl sites for hydroxylation is 1. The normalized spacial score (nSPS) is 9.68. The molecule has 0 bridgehead atoms. The van der Waals surface area contributed by atoms with E-state index in [9.17, 15) is 4.79 Å². The largest absolute Gasteiger partial charge is 0.273 e. The molecule has 19 heavy (non-hydrogen) atoms. The molecule has 0 saturated heterocycles. The minimum absolute atomic E-state index is 0.171. The fraction of sp³-hybridized carbons (Fsp3) is 0.312. The van der Waals surface area contributed by atoms with Crippen molar-refractivity contribution in [3.63, 3.8) is 0 Å². The van der Waals surface area contributed by atoms with Gasteiger partial charge in [0.05, 0.1) is 0 Å². The van der Waals surface area contributed by atoms with E-state index in [0.29, 0.717) is 6.61 Å². The molecule has 0 saturated carbocycles. The number of allylic oxidation sites excluding steroid dienone is 2. The van der Waals surface area contributed by atoms with Crippen LogP contribution in [0.2, 0.25) is 0 Å². The highest BCUT2D eigenvalue weighted by Gasteiger charge is 2.05. The third-order valence-electron chi connectivity index (χ3n) is 2.12. The second-order valence-electron chi connectivity index (χ2n) is 3.68. The van der Waals surface area contributed by atoms with Crippen LogP contribution in [-0.4, -0.2) is 11.0 Å². The third kappa shape index (κ3) is 7.21. The molecular formula is C16H23NO2. The Morgan fingerprint density at radius 2 is 2.11 bits per heavy atom. The van der Waals surface area contributed by atoms with Gasteiger partial charge in [0.2, 0.25) is 5.91 Å². The van der Waals surface area contributed by atoms with Crippen LogP contribution in [0.3, 0.4) is 0 Å². The Hall–Kier alpha value is -1.87. The molecule has 0 spiro atoms. The maximum absolute atomic E-state index is 11.3. The number of amides is 1. The fourth-order valence-corrected chi connectivity index (χ4v) is 1.32. The van der Waals surface area contributed by atoms with Gasteiger partial charge < -0.3 is 0 Å². The van der Waals surface area contributed by atoms with Crippen LogP contribution >= 0.6 is 0 Å². The van der Waals surface area contributed by atoms with Crippen LogP contribution in [0.25, 0.3) is 0 Å². The molecule has 1 amide bonds. The highest BCUT2D eigenvalue weighted by molar-refractivity contribution is 5.73. The van der Waals surface area contributed by atoms with Gasteiger partial charge in [0.1, 0.15) is 6.61 Å². The number of carbonyl (C=O) groups excluding carboxylic acids is 1. The first-order chi connectivity index (χ1) is 9.13. The highest BCUT2D eigenvalue weighted by Crippen LogP contribution is 2.07. The van der Waals surface area contributed by atoms with Crippen molar-refractivity contribution >= 4 is 5.91 Å². The zero-order valence-electron chi connectivity index (χ0n) is 12.2. The van der Waals surface area contributed by atoms with Crippen molar-refractivity contribution in [2.45, 2.75) is 34.3 Å². The molecule has 1 aromatic carbocycles. The predicted octanol–water partition coefficient (Wildman–Crippen LogP) is 4.00. The van der Waals surface area contributed by atoms with E-state index in [1.165, 1.54) is 17.6 Å². The minimum Gasteiger partial charge on any atom is -0.273 e. The zero-order chi connectivity index (χ0) is 14.7. The topological polar surface area (TPSA) is 29.5 Å². The van der Waals surface area contributed by atoms with Crippen LogP contribution < -0.4 is 0 Å². The van der Waals surface area contributed by atoms with Gasteiger partial charge in [0.25, 0.3) is 0 Å². The van der Waals surface area contributed by atoms with Crippen LogP contribution in [0.4, 0.5) is 0 Å². The van der Waals surface area contributed by atoms with E-state index < -0.39 is 0 Å². The van der Waals surface area contributed by atoms with Crippen molar-refractivity contribution < 1.29 is 9.63 Å². The lowest BCUT2D eigenvalue weighted by Gasteiger charge is -2.15. The maximum Gasteiger partial charge on any atom is 0.247 e. The lowest BCUT2D eigenvalue weighted by molar-refractivity contribution is -0.172. The second kappa shape index (κ2) is 10.1. The third-order valence-corrected chi connectivity index (χ3v) is 2.12. The van der Waals surface area contributed by atoms with E-state index in [1.807, 2.05) is 45.0 Å². The van der Waals surface area contributed by atoms with Gasteiger partial charge in [-0.3, -0.25) is 9.63 Å². The van der Waals surface area contributed by atoms with Gasteiger partial charge in [0, 0.05) is 13.1 Å². The lowest BCUT2D eigenvalue weighted by atomic mass is 10.1. The quantitative estimate of drug-likeness (QED) is 0.592. The van der Waals surface area contributed by atoms with Crippen LogP contribution in [0.15, 0.2) is 49.2 Å². The summed E-state index contributed by atoms with van der Waals surface area (Å²) in [5.41, 5.74) is 2.20. The number of hydrogen-bond donors (Lipinski definition) is 0. The Morgan fingerprint density at radius 1 is 1.42 bits per heavy atom. The number of hydroxylamine groups is 2. The number of rotatable bonds is 5. The van der Waals surface area contributed by atoms with E-state index in [-0.39, 0.29) is 5.91 Å². The molecular weight excluding hydrogens is 238 g/mol. The first-order valence-electron chi connectivity index (χ1n) is 6.41. The average Bonchev–Trinajstić information content (AvgIpc) is 2.41. The number of hydrogen-bond acceptors (Lipinski definition) is 2. The summed E-state index contributed by atoms with van der Waals surface area (Å²) in [4.78, 5) is 16.6. The Labute approximate surface area is 116 Å². The van der Waals surface area contributed by atoms with Crippen molar-refractivity contribution in [3.05, 3.63) is 60.3 Å². The predicted molar refractivity (Wildman–Crippen MR) is 79.2 cm³/mol. The molecule has 104 valence electrons. The van der Waals surface area contributed by atoms with E-state index in [0.717, 1.165) is 5.56 Å². The van der Waals surface area contributed by atoms with Gasteiger partial charge in [-0.1, -0.05) is 56.3 Å². The van der Waals surface area contributed by atoms with Gasteiger partial charge in [0.15, 0.2) is 0 Å². The van der Waals surface area contributed by atoms with Crippen LogP contribution in [0, 0.1) is 6.92 Å². The smallest absolute Gasteiger partial charge is 0.247 e. The van der Waals surface area contributed by atoms with Crippen molar-refractivity contribution in [2.75, 3.05) is 0 Å². The standard InChI is InChI=1S/C14H17NO2.C2H6/c1-4-5-9-15(13(3)16)17-11-14-8-6-7-12(2)10-14;1-2/h4-10H,1,11H2,2-3H3;1-2H3/b9-5-;. The van der Waals surface area contributed by atoms with E-state index >= 15 is 0 Å². The SMILES string of the molecule is C=C/C=C\N(OCc1cccc(C)c1)C(C)=O.CC. The van der Waals surface area contributed by atoms with Crippen molar-refractivity contribution in [1.82, 2.24) is 5.06 Å². The number of carbonyl (C=O) groups is 1. The molecule has 1 aromatic rings. The number of benzene rings is 1. The van der Waals surface area contributed by atoms with Crippen LogP contribution in [0.1, 0.15) is 31.9 Å². The summed E-state index contributed by atoms with van der Waals surface area (Å²) in [7, 11) is 0. The Kier molecular flexibility index (Phi) is 9.10. The summed E-state index contributed by atoms with van der Waals surface area (Å²) in [6.07, 6.45) is 4.79. The zero-order valence-corrected chi connectivity index (χ0v) is 12.2. The molecule has 0 N–H and O–H groups in total. The van der Waals surface area contributed by atoms with Crippen LogP contribution in [-0.2, 0) is 16.2 Å². The van der Waals surface area contributed by atoms with Crippen molar-refractivity contribution in [1.29, 1.82) is 0 Å². The lowest BCUT2D eigenvalue weighted by Crippen LogP contribution is -2.22. The summed E-state index contributed by atoms with van der Waals surface area (Å²) in [5.74, 6) is -0.171. The first-order valence-corrected chi connectivity index (χ1v) is 6.41. The molecule has 0 fully saturated rings. The summed E-state index contributed by atoms with van der Waals surface area (Å²) in [6.45, 7) is 11.4. The van der Waals surface area contributed by atoms with E-state index in [2.05, 4.69) is 6.58 Å². The van der Waals surface area contributed by atoms with Crippen molar-refractivity contribution in [3.8, 4) is 0 Å². The Morgan fingerprint density at radius 3 is 2.63 bits per heavy atom. The maximum atomic E-state index is 11.3. The van der Waals surface area contributed by atoms with Gasteiger partial charge in [-0.05, 0) is 18.6 Å². The minimum atomic E-state index is -0.171. The summed E-state index contributed by atoms with van der Waals surface area (Å²) >= 11 is 0. The van der Waals surface area contributed by atoms with Gasteiger partial charge >= 0.3 is 0 Å². The molecule has 0 heterocycles. The van der Waals surface area contributed by atoms with Crippen molar-refractivity contribution in [2.24, 2.45) is 0 Å². The second-order valence-corrected chi connectivity index (χ2v) is 3.68. The Bertz CT molecular complexity index is 425. The molecule has 0 radical (unpaired) electrons. The molecule has 0 aliphatic heterocycles. The molecule has 0 aliphatic carbocycles. The first kappa shape index (κ1) is 17.1. The monoisotopic (exact) mass is 261 g/mol.